The van der Waals surface area contributed by atoms with Gasteiger partial charge in [0.05, 0.1) is 0 Å². The molecule has 20 heavy (non-hydrogen) atoms. The van der Waals surface area contributed by atoms with Crippen molar-refractivity contribution in [3.63, 3.8) is 0 Å². The molecular formula is C18H35NO. The van der Waals surface area contributed by atoms with Gasteiger partial charge in [-0.05, 0) is 19.3 Å². The third-order valence-corrected chi connectivity index (χ3v) is 3.70. The minimum atomic E-state index is -0.204. The summed E-state index contributed by atoms with van der Waals surface area (Å²) in [4.78, 5) is 10.5. The molecule has 0 fully saturated rings. The van der Waals surface area contributed by atoms with Crippen LogP contribution in [0.15, 0.2) is 12.2 Å². The smallest absolute Gasteiger partial charge is 0.217 e. The molecule has 0 heterocycles. The Hall–Kier alpha value is -0.790. The number of carbonyl (C=O) groups excluding carboxylic acids is 1. The fraction of sp³-hybridized carbons (Fsp3) is 0.833. The second-order valence-electron chi connectivity index (χ2n) is 5.80. The Labute approximate surface area is 126 Å². The van der Waals surface area contributed by atoms with E-state index in [4.69, 9.17) is 5.73 Å². The molecule has 0 atom stereocenters. The number of amides is 1. The lowest BCUT2D eigenvalue weighted by atomic mass is 10.1. The predicted octanol–water partition coefficient (Wildman–Crippen LogP) is 5.51. The summed E-state index contributed by atoms with van der Waals surface area (Å²) in [5.41, 5.74) is 5.07. The molecule has 0 aliphatic rings. The summed E-state index contributed by atoms with van der Waals surface area (Å²) < 4.78 is 0. The summed E-state index contributed by atoms with van der Waals surface area (Å²) in [6.45, 7) is 2.27. The molecule has 0 saturated carbocycles. The van der Waals surface area contributed by atoms with Crippen LogP contribution in [-0.2, 0) is 4.79 Å². The van der Waals surface area contributed by atoms with Gasteiger partial charge in [0.15, 0.2) is 0 Å². The summed E-state index contributed by atoms with van der Waals surface area (Å²) in [7, 11) is 0. The van der Waals surface area contributed by atoms with E-state index in [9.17, 15) is 4.79 Å². The highest BCUT2D eigenvalue weighted by atomic mass is 16.1. The van der Waals surface area contributed by atoms with Gasteiger partial charge in [0.1, 0.15) is 0 Å². The van der Waals surface area contributed by atoms with E-state index < -0.39 is 0 Å². The van der Waals surface area contributed by atoms with Crippen molar-refractivity contribution in [2.24, 2.45) is 5.73 Å². The number of unbranched alkanes of at least 4 members (excludes halogenated alkanes) is 11. The molecule has 0 bridgehead atoms. The Balaban J connectivity index is 3.04. The minimum Gasteiger partial charge on any atom is -0.370 e. The van der Waals surface area contributed by atoms with E-state index in [0.29, 0.717) is 6.42 Å². The van der Waals surface area contributed by atoms with Gasteiger partial charge in [-0.25, -0.2) is 0 Å². The molecule has 0 rings (SSSR count). The topological polar surface area (TPSA) is 43.1 Å². The number of hydrogen-bond donors (Lipinski definition) is 1. The molecule has 0 aromatic carbocycles. The van der Waals surface area contributed by atoms with Crippen LogP contribution in [0.3, 0.4) is 0 Å². The van der Waals surface area contributed by atoms with Gasteiger partial charge in [-0.15, -0.1) is 0 Å². The van der Waals surface area contributed by atoms with Crippen molar-refractivity contribution in [1.82, 2.24) is 0 Å². The van der Waals surface area contributed by atoms with Gasteiger partial charge in [-0.3, -0.25) is 4.79 Å². The lowest BCUT2D eigenvalue weighted by Crippen LogP contribution is -2.08. The first-order chi connectivity index (χ1) is 9.77. The van der Waals surface area contributed by atoms with Gasteiger partial charge in [-0.2, -0.15) is 0 Å². The van der Waals surface area contributed by atoms with Gasteiger partial charge >= 0.3 is 0 Å². The molecule has 0 radical (unpaired) electrons. The Bertz CT molecular complexity index is 236. The van der Waals surface area contributed by atoms with Crippen molar-refractivity contribution in [2.45, 2.75) is 96.8 Å². The van der Waals surface area contributed by atoms with Gasteiger partial charge < -0.3 is 5.73 Å². The molecule has 0 aromatic rings. The van der Waals surface area contributed by atoms with Crippen LogP contribution >= 0.6 is 0 Å². The molecule has 0 aromatic heterocycles. The number of hydrogen-bond acceptors (Lipinski definition) is 1. The van der Waals surface area contributed by atoms with Crippen molar-refractivity contribution in [3.8, 4) is 0 Å². The molecule has 0 unspecified atom stereocenters. The van der Waals surface area contributed by atoms with E-state index >= 15 is 0 Å². The van der Waals surface area contributed by atoms with E-state index in [1.54, 1.807) is 0 Å². The number of rotatable bonds is 15. The van der Waals surface area contributed by atoms with Gasteiger partial charge in [0.2, 0.25) is 5.91 Å². The van der Waals surface area contributed by atoms with Crippen molar-refractivity contribution in [1.29, 1.82) is 0 Å². The summed E-state index contributed by atoms with van der Waals surface area (Å²) >= 11 is 0. The van der Waals surface area contributed by atoms with Crippen LogP contribution in [0.2, 0.25) is 0 Å². The maximum absolute atomic E-state index is 10.5. The highest BCUT2D eigenvalue weighted by Gasteiger charge is 1.93. The van der Waals surface area contributed by atoms with Crippen LogP contribution in [0, 0.1) is 0 Å². The zero-order chi connectivity index (χ0) is 14.9. The SMILES string of the molecule is CCCCCCCCCCCCCC=CCCC(N)=O. The summed E-state index contributed by atoms with van der Waals surface area (Å²) in [5.74, 6) is -0.204. The highest BCUT2D eigenvalue weighted by Crippen LogP contribution is 2.12. The monoisotopic (exact) mass is 281 g/mol. The summed E-state index contributed by atoms with van der Waals surface area (Å²) in [6.07, 6.45) is 22.0. The Morgan fingerprint density at radius 2 is 1.20 bits per heavy atom. The standard InChI is InChI=1S/C18H35NO/c1-2-3-4-5-6-7-8-9-10-11-12-13-14-15-16-17-18(19)20/h14-15H,2-13,16-17H2,1H3,(H2,19,20). The van der Waals surface area contributed by atoms with Crippen molar-refractivity contribution < 1.29 is 4.79 Å². The van der Waals surface area contributed by atoms with Crippen LogP contribution in [-0.4, -0.2) is 5.91 Å². The van der Waals surface area contributed by atoms with Crippen LogP contribution in [0.25, 0.3) is 0 Å². The molecular weight excluding hydrogens is 246 g/mol. The lowest BCUT2D eigenvalue weighted by molar-refractivity contribution is -0.117. The first kappa shape index (κ1) is 19.2. The predicted molar refractivity (Wildman–Crippen MR) is 88.6 cm³/mol. The number of allylic oxidation sites excluding steroid dienone is 2. The largest absolute Gasteiger partial charge is 0.370 e. The van der Waals surface area contributed by atoms with E-state index in [0.717, 1.165) is 12.8 Å². The summed E-state index contributed by atoms with van der Waals surface area (Å²) in [5, 5.41) is 0. The zero-order valence-electron chi connectivity index (χ0n) is 13.5. The molecule has 2 N–H and O–H groups in total. The normalized spacial score (nSPS) is 11.2. The van der Waals surface area contributed by atoms with Crippen LogP contribution in [0.4, 0.5) is 0 Å². The molecule has 118 valence electrons. The Morgan fingerprint density at radius 1 is 0.750 bits per heavy atom. The average molecular weight is 281 g/mol. The van der Waals surface area contributed by atoms with E-state index in [-0.39, 0.29) is 5.91 Å². The molecule has 0 aliphatic carbocycles. The second kappa shape index (κ2) is 16.3. The average Bonchev–Trinajstić information content (AvgIpc) is 2.43. The first-order valence-electron chi connectivity index (χ1n) is 8.70. The number of nitrogens with two attached hydrogens (primary N) is 1. The molecule has 0 saturated heterocycles. The van der Waals surface area contributed by atoms with Gasteiger partial charge in [0.25, 0.3) is 0 Å². The Morgan fingerprint density at radius 3 is 1.70 bits per heavy atom. The van der Waals surface area contributed by atoms with Crippen molar-refractivity contribution in [3.05, 3.63) is 12.2 Å². The minimum absolute atomic E-state index is 0.204. The second-order valence-corrected chi connectivity index (χ2v) is 5.80. The first-order valence-corrected chi connectivity index (χ1v) is 8.70. The maximum atomic E-state index is 10.5. The lowest BCUT2D eigenvalue weighted by Gasteiger charge is -2.01. The molecule has 2 heteroatoms. The Kier molecular flexibility index (Phi) is 15.6. The molecule has 0 aliphatic heterocycles. The number of primary amides is 1. The van der Waals surface area contributed by atoms with Crippen LogP contribution in [0.1, 0.15) is 96.8 Å². The fourth-order valence-electron chi connectivity index (χ4n) is 2.39. The maximum Gasteiger partial charge on any atom is 0.217 e. The third kappa shape index (κ3) is 17.2. The molecule has 1 amide bonds. The van der Waals surface area contributed by atoms with Gasteiger partial charge in [0, 0.05) is 6.42 Å². The van der Waals surface area contributed by atoms with E-state index in [1.165, 1.54) is 70.6 Å². The third-order valence-electron chi connectivity index (χ3n) is 3.70. The van der Waals surface area contributed by atoms with Crippen LogP contribution < -0.4 is 5.73 Å². The number of carbonyl (C=O) groups is 1. The van der Waals surface area contributed by atoms with Crippen molar-refractivity contribution >= 4 is 5.91 Å². The highest BCUT2D eigenvalue weighted by molar-refractivity contribution is 5.73. The van der Waals surface area contributed by atoms with Crippen LogP contribution in [0.5, 0.6) is 0 Å². The molecule has 0 spiro atoms. The van der Waals surface area contributed by atoms with Crippen molar-refractivity contribution in [2.75, 3.05) is 0 Å². The quantitative estimate of drug-likeness (QED) is 0.312. The van der Waals surface area contributed by atoms with E-state index in [1.807, 2.05) is 0 Å². The zero-order valence-corrected chi connectivity index (χ0v) is 13.5. The van der Waals surface area contributed by atoms with E-state index in [2.05, 4.69) is 19.1 Å². The van der Waals surface area contributed by atoms with Gasteiger partial charge in [-0.1, -0.05) is 83.3 Å². The fourth-order valence-corrected chi connectivity index (χ4v) is 2.39. The molecule has 2 nitrogen and oxygen atoms in total. The summed E-state index contributed by atoms with van der Waals surface area (Å²) in [6, 6.07) is 0.